The van der Waals surface area contributed by atoms with Crippen LogP contribution in [0.4, 0.5) is 0 Å². The summed E-state index contributed by atoms with van der Waals surface area (Å²) in [5.41, 5.74) is 3.89. The highest BCUT2D eigenvalue weighted by molar-refractivity contribution is 8.05. The van der Waals surface area contributed by atoms with Crippen LogP contribution in [0.3, 0.4) is 0 Å². The summed E-state index contributed by atoms with van der Waals surface area (Å²) >= 11 is 1.54. The highest BCUT2D eigenvalue weighted by atomic mass is 32.2. The van der Waals surface area contributed by atoms with Gasteiger partial charge in [-0.15, -0.1) is 0 Å². The molecule has 0 unspecified atom stereocenters. The van der Waals surface area contributed by atoms with Crippen LogP contribution in [-0.2, 0) is 4.79 Å². The zero-order valence-electron chi connectivity index (χ0n) is 18.4. The second kappa shape index (κ2) is 9.08. The number of thioether (sulfide) groups is 1. The van der Waals surface area contributed by atoms with Crippen molar-refractivity contribution in [2.24, 2.45) is 0 Å². The first-order chi connectivity index (χ1) is 16.2. The molecule has 2 aliphatic heterocycles. The highest BCUT2D eigenvalue weighted by Gasteiger charge is 2.43. The maximum atomic E-state index is 13.5. The quantitative estimate of drug-likeness (QED) is 0.529. The van der Waals surface area contributed by atoms with Crippen molar-refractivity contribution in [2.75, 3.05) is 14.2 Å². The van der Waals surface area contributed by atoms with Gasteiger partial charge in [0.25, 0.3) is 5.91 Å². The Morgan fingerprint density at radius 3 is 2.15 bits per heavy atom. The first kappa shape index (κ1) is 21.2. The van der Waals surface area contributed by atoms with Crippen molar-refractivity contribution in [3.63, 3.8) is 0 Å². The summed E-state index contributed by atoms with van der Waals surface area (Å²) in [6.07, 6.45) is 4.07. The van der Waals surface area contributed by atoms with Crippen LogP contribution in [0.25, 0.3) is 11.8 Å². The van der Waals surface area contributed by atoms with E-state index in [1.807, 2.05) is 77.7 Å². The molecule has 166 valence electrons. The molecule has 1 saturated heterocycles. The van der Waals surface area contributed by atoms with Crippen LogP contribution in [0.2, 0.25) is 0 Å². The smallest absolute Gasteiger partial charge is 0.263 e. The van der Waals surface area contributed by atoms with Crippen LogP contribution >= 0.6 is 11.8 Å². The molecule has 3 aromatic carbocycles. The zero-order valence-corrected chi connectivity index (χ0v) is 19.2. The average Bonchev–Trinajstić information content (AvgIpc) is 3.19. The van der Waals surface area contributed by atoms with E-state index in [0.29, 0.717) is 4.91 Å². The molecule has 0 aliphatic carbocycles. The summed E-state index contributed by atoms with van der Waals surface area (Å²) in [6, 6.07) is 25.7. The number of hydrogen-bond acceptors (Lipinski definition) is 5. The van der Waals surface area contributed by atoms with Crippen molar-refractivity contribution in [2.45, 2.75) is 11.5 Å². The number of nitrogens with zero attached hydrogens (tertiary/aromatic N) is 1. The van der Waals surface area contributed by atoms with E-state index in [2.05, 4.69) is 23.5 Å². The molecule has 0 radical (unpaired) electrons. The molecule has 3 aromatic rings. The number of nitrogens with one attached hydrogen (secondary N) is 1. The molecule has 0 aromatic heterocycles. The lowest BCUT2D eigenvalue weighted by Gasteiger charge is -2.37. The third-order valence-corrected chi connectivity index (χ3v) is 6.91. The highest BCUT2D eigenvalue weighted by Crippen LogP contribution is 2.44. The predicted octanol–water partition coefficient (Wildman–Crippen LogP) is 5.29. The molecule has 0 spiro atoms. The summed E-state index contributed by atoms with van der Waals surface area (Å²) in [6.45, 7) is 0. The largest absolute Gasteiger partial charge is 0.497 e. The van der Waals surface area contributed by atoms with Crippen LogP contribution in [0.15, 0.2) is 89.8 Å². The van der Waals surface area contributed by atoms with Crippen LogP contribution in [0.5, 0.6) is 11.5 Å². The van der Waals surface area contributed by atoms with E-state index < -0.39 is 0 Å². The van der Waals surface area contributed by atoms with Crippen LogP contribution in [-0.4, -0.2) is 30.5 Å². The third-order valence-electron chi connectivity index (χ3n) is 5.80. The summed E-state index contributed by atoms with van der Waals surface area (Å²) in [5, 5.41) is 3.56. The fourth-order valence-corrected chi connectivity index (χ4v) is 5.23. The van der Waals surface area contributed by atoms with Gasteiger partial charge in [0.15, 0.2) is 5.50 Å². The number of ether oxygens (including phenoxy) is 2. The van der Waals surface area contributed by atoms with Gasteiger partial charge in [-0.25, -0.2) is 0 Å². The van der Waals surface area contributed by atoms with Crippen molar-refractivity contribution in [1.29, 1.82) is 0 Å². The molecule has 1 N–H and O–H groups in total. The van der Waals surface area contributed by atoms with E-state index in [1.165, 1.54) is 0 Å². The van der Waals surface area contributed by atoms with Crippen LogP contribution in [0, 0.1) is 0 Å². The summed E-state index contributed by atoms with van der Waals surface area (Å²) in [7, 11) is 3.30. The Balaban J connectivity index is 1.50. The maximum Gasteiger partial charge on any atom is 0.263 e. The molecular weight excluding hydrogens is 432 g/mol. The molecule has 2 atom stereocenters. The molecule has 6 heteroatoms. The molecule has 33 heavy (non-hydrogen) atoms. The Bertz CT molecular complexity index is 1200. The minimum atomic E-state index is -0.200. The van der Waals surface area contributed by atoms with E-state index in [0.717, 1.165) is 33.9 Å². The summed E-state index contributed by atoms with van der Waals surface area (Å²) in [5.74, 6) is 1.62. The molecule has 0 bridgehead atoms. The van der Waals surface area contributed by atoms with E-state index >= 15 is 0 Å². The molecule has 2 heterocycles. The lowest BCUT2D eigenvalue weighted by atomic mass is 9.99. The van der Waals surface area contributed by atoms with Gasteiger partial charge in [0.1, 0.15) is 11.5 Å². The number of methoxy groups -OCH3 is 2. The summed E-state index contributed by atoms with van der Waals surface area (Å²) < 4.78 is 10.5. The number of carbonyl (C=O) groups excluding carboxylic acids is 1. The number of carbonyl (C=O) groups is 1. The summed E-state index contributed by atoms with van der Waals surface area (Å²) in [4.78, 5) is 16.1. The zero-order chi connectivity index (χ0) is 22.8. The lowest BCUT2D eigenvalue weighted by molar-refractivity contribution is -0.128. The lowest BCUT2D eigenvalue weighted by Crippen LogP contribution is -2.46. The van der Waals surface area contributed by atoms with Gasteiger partial charge >= 0.3 is 0 Å². The molecule has 2 aliphatic rings. The second-order valence-corrected chi connectivity index (χ2v) is 8.90. The third kappa shape index (κ3) is 4.22. The van der Waals surface area contributed by atoms with Crippen molar-refractivity contribution in [1.82, 2.24) is 10.2 Å². The van der Waals surface area contributed by atoms with Crippen molar-refractivity contribution >= 4 is 29.4 Å². The fourth-order valence-electron chi connectivity index (χ4n) is 4.06. The van der Waals surface area contributed by atoms with Gasteiger partial charge in [0.05, 0.1) is 25.2 Å². The van der Waals surface area contributed by atoms with Crippen molar-refractivity contribution < 1.29 is 14.3 Å². The van der Waals surface area contributed by atoms with Gasteiger partial charge in [-0.1, -0.05) is 54.2 Å². The monoisotopic (exact) mass is 456 g/mol. The van der Waals surface area contributed by atoms with Gasteiger partial charge in [0.2, 0.25) is 0 Å². The van der Waals surface area contributed by atoms with Gasteiger partial charge in [-0.05, 0) is 65.2 Å². The molecule has 5 nitrogen and oxygen atoms in total. The number of amides is 1. The Morgan fingerprint density at radius 2 is 1.52 bits per heavy atom. The molecule has 1 fully saturated rings. The second-order valence-electron chi connectivity index (χ2n) is 7.77. The molecular formula is C27H24N2O3S. The molecule has 0 saturated carbocycles. The van der Waals surface area contributed by atoms with E-state index in [1.54, 1.807) is 26.0 Å². The van der Waals surface area contributed by atoms with Crippen LogP contribution < -0.4 is 14.8 Å². The number of rotatable bonds is 5. The van der Waals surface area contributed by atoms with E-state index in [-0.39, 0.29) is 17.4 Å². The first-order valence-electron chi connectivity index (χ1n) is 10.7. The normalized spacial score (nSPS) is 20.8. The van der Waals surface area contributed by atoms with Gasteiger partial charge < -0.3 is 14.8 Å². The van der Waals surface area contributed by atoms with E-state index in [4.69, 9.17) is 9.47 Å². The predicted molar refractivity (Wildman–Crippen MR) is 132 cm³/mol. The molecule has 1 amide bonds. The maximum absolute atomic E-state index is 13.5. The van der Waals surface area contributed by atoms with Crippen LogP contribution in [0.1, 0.15) is 22.7 Å². The van der Waals surface area contributed by atoms with Gasteiger partial charge in [0, 0.05) is 5.70 Å². The first-order valence-corrected chi connectivity index (χ1v) is 11.6. The van der Waals surface area contributed by atoms with Gasteiger partial charge in [-0.2, -0.15) is 0 Å². The minimum Gasteiger partial charge on any atom is -0.497 e. The van der Waals surface area contributed by atoms with E-state index in [9.17, 15) is 4.79 Å². The average molecular weight is 457 g/mol. The Labute approximate surface area is 197 Å². The van der Waals surface area contributed by atoms with Crippen molar-refractivity contribution in [3.05, 3.63) is 107 Å². The number of benzene rings is 3. The SMILES string of the molecule is COc1ccc(/C=C2/S[C@H]3NC(c4ccc(OC)cc4)=C[C@@H](c4ccccc4)N3C2=O)cc1. The Morgan fingerprint density at radius 1 is 0.879 bits per heavy atom. The Kier molecular flexibility index (Phi) is 5.84. The fraction of sp³-hybridized carbons (Fsp3) is 0.148. The van der Waals surface area contributed by atoms with Gasteiger partial charge in [-0.3, -0.25) is 9.69 Å². The topological polar surface area (TPSA) is 50.8 Å². The number of hydrogen-bond donors (Lipinski definition) is 1. The minimum absolute atomic E-state index is 0.0206. The Hall–Kier alpha value is -3.64. The standard InChI is InChI=1S/C27H24N2O3S/c1-31-21-12-8-18(9-13-21)16-25-26(30)29-24(20-6-4-3-5-7-20)17-23(28-27(29)33-25)19-10-14-22(32-2)15-11-19/h3-17,24,27-28H,1-2H3/b25-16+/t24-,27-/m0/s1. The number of fused-ring (bicyclic) bond motifs is 1. The molecule has 5 rings (SSSR count). The van der Waals surface area contributed by atoms with Crippen molar-refractivity contribution in [3.8, 4) is 11.5 Å².